The number of aryl methyl sites for hydroxylation is 1. The van der Waals surface area contributed by atoms with Gasteiger partial charge >= 0.3 is 6.18 Å². The molecule has 2 rings (SSSR count). The van der Waals surface area contributed by atoms with E-state index >= 15 is 0 Å². The van der Waals surface area contributed by atoms with E-state index in [0.717, 1.165) is 23.4 Å². The quantitative estimate of drug-likeness (QED) is 0.933. The first-order valence-corrected chi connectivity index (χ1v) is 7.30. The maximum Gasteiger partial charge on any atom is 0.391 e. The summed E-state index contributed by atoms with van der Waals surface area (Å²) in [6.07, 6.45) is -1.25. The summed E-state index contributed by atoms with van der Waals surface area (Å²) in [6.45, 7) is 4.70. The molecule has 1 aromatic heterocycles. The number of hydrogen-bond acceptors (Lipinski definition) is 3. The van der Waals surface area contributed by atoms with Crippen molar-refractivity contribution in [3.8, 4) is 0 Å². The van der Waals surface area contributed by atoms with Crippen molar-refractivity contribution in [1.29, 1.82) is 0 Å². The lowest BCUT2D eigenvalue weighted by molar-refractivity contribution is -0.179. The van der Waals surface area contributed by atoms with Gasteiger partial charge in [-0.15, -0.1) is 0 Å². The van der Waals surface area contributed by atoms with Crippen molar-refractivity contribution >= 4 is 5.82 Å². The number of piperidine rings is 1. The van der Waals surface area contributed by atoms with Crippen LogP contribution in [-0.4, -0.2) is 30.3 Å². The van der Waals surface area contributed by atoms with Gasteiger partial charge in [-0.25, -0.2) is 4.98 Å². The van der Waals surface area contributed by atoms with E-state index in [2.05, 4.69) is 4.98 Å². The first-order valence-electron chi connectivity index (χ1n) is 7.30. The van der Waals surface area contributed by atoms with Crippen LogP contribution in [0.3, 0.4) is 0 Å². The van der Waals surface area contributed by atoms with Gasteiger partial charge in [0, 0.05) is 25.3 Å². The number of anilines is 1. The maximum absolute atomic E-state index is 12.7. The lowest BCUT2D eigenvalue weighted by Gasteiger charge is -2.34. The summed E-state index contributed by atoms with van der Waals surface area (Å²) in [7, 11) is 0. The molecule has 3 nitrogen and oxygen atoms in total. The minimum absolute atomic E-state index is 0.0691. The molecule has 1 saturated heterocycles. The number of nitrogens with zero attached hydrogens (tertiary/aromatic N) is 2. The Morgan fingerprint density at radius 2 is 2.00 bits per heavy atom. The molecule has 6 heteroatoms. The van der Waals surface area contributed by atoms with Crippen LogP contribution >= 0.6 is 0 Å². The highest BCUT2D eigenvalue weighted by atomic mass is 19.4. The largest absolute Gasteiger partial charge is 0.391 e. The van der Waals surface area contributed by atoms with Crippen LogP contribution < -0.4 is 10.6 Å². The molecular formula is C15H22F3N3. The number of pyridine rings is 1. The highest BCUT2D eigenvalue weighted by Gasteiger charge is 2.41. The summed E-state index contributed by atoms with van der Waals surface area (Å²) < 4.78 is 38.0. The molecule has 1 fully saturated rings. The molecule has 0 saturated carbocycles. The van der Waals surface area contributed by atoms with E-state index in [1.807, 2.05) is 24.8 Å². The SMILES string of the molecule is Cc1cc(CC(C)N)cnc1N1CCC(C(F)(F)F)CC1. The molecule has 1 unspecified atom stereocenters. The Morgan fingerprint density at radius 3 is 2.48 bits per heavy atom. The summed E-state index contributed by atoms with van der Waals surface area (Å²) in [5, 5.41) is 0. The van der Waals surface area contributed by atoms with Crippen molar-refractivity contribution in [2.24, 2.45) is 11.7 Å². The van der Waals surface area contributed by atoms with Gasteiger partial charge in [0.15, 0.2) is 0 Å². The second-order valence-corrected chi connectivity index (χ2v) is 5.97. The molecule has 2 heterocycles. The van der Waals surface area contributed by atoms with Crippen LogP contribution in [0.4, 0.5) is 19.0 Å². The Morgan fingerprint density at radius 1 is 1.38 bits per heavy atom. The zero-order valence-electron chi connectivity index (χ0n) is 12.5. The van der Waals surface area contributed by atoms with Gasteiger partial charge < -0.3 is 10.6 Å². The predicted molar refractivity (Wildman–Crippen MR) is 77.3 cm³/mol. The van der Waals surface area contributed by atoms with E-state index < -0.39 is 12.1 Å². The zero-order valence-corrected chi connectivity index (χ0v) is 12.5. The predicted octanol–water partition coefficient (Wildman–Crippen LogP) is 3.06. The van der Waals surface area contributed by atoms with E-state index in [1.165, 1.54) is 0 Å². The number of halogens is 3. The monoisotopic (exact) mass is 301 g/mol. The van der Waals surface area contributed by atoms with Crippen LogP contribution in [0.5, 0.6) is 0 Å². The van der Waals surface area contributed by atoms with Crippen LogP contribution in [0.25, 0.3) is 0 Å². The molecule has 118 valence electrons. The van der Waals surface area contributed by atoms with Gasteiger partial charge in [0.1, 0.15) is 5.82 Å². The molecule has 0 aliphatic carbocycles. The molecule has 0 spiro atoms. The van der Waals surface area contributed by atoms with Crippen molar-refractivity contribution in [3.05, 3.63) is 23.4 Å². The lowest BCUT2D eigenvalue weighted by Crippen LogP contribution is -2.39. The fourth-order valence-corrected chi connectivity index (χ4v) is 2.86. The van der Waals surface area contributed by atoms with Crippen molar-refractivity contribution in [2.45, 2.75) is 45.3 Å². The van der Waals surface area contributed by atoms with Crippen molar-refractivity contribution < 1.29 is 13.2 Å². The van der Waals surface area contributed by atoms with Crippen LogP contribution in [0.2, 0.25) is 0 Å². The number of hydrogen-bond donors (Lipinski definition) is 1. The summed E-state index contributed by atoms with van der Waals surface area (Å²) in [6, 6.07) is 2.10. The second kappa shape index (κ2) is 6.22. The molecule has 0 radical (unpaired) electrons. The van der Waals surface area contributed by atoms with E-state index in [9.17, 15) is 13.2 Å². The zero-order chi connectivity index (χ0) is 15.6. The molecule has 1 aliphatic rings. The van der Waals surface area contributed by atoms with Crippen molar-refractivity contribution in [3.63, 3.8) is 0 Å². The molecule has 0 aromatic carbocycles. The van der Waals surface area contributed by atoms with Crippen LogP contribution in [0.1, 0.15) is 30.9 Å². The molecule has 21 heavy (non-hydrogen) atoms. The van der Waals surface area contributed by atoms with Gasteiger partial charge in [-0.3, -0.25) is 0 Å². The smallest absolute Gasteiger partial charge is 0.356 e. The second-order valence-electron chi connectivity index (χ2n) is 5.97. The Bertz CT molecular complexity index is 478. The fraction of sp³-hybridized carbons (Fsp3) is 0.667. The van der Waals surface area contributed by atoms with Gasteiger partial charge in [0.25, 0.3) is 0 Å². The first-order chi connectivity index (χ1) is 9.77. The third-order valence-electron chi connectivity index (χ3n) is 3.92. The van der Waals surface area contributed by atoms with E-state index in [1.54, 1.807) is 6.20 Å². The molecule has 1 atom stereocenters. The van der Waals surface area contributed by atoms with Crippen molar-refractivity contribution in [2.75, 3.05) is 18.0 Å². The summed E-state index contributed by atoms with van der Waals surface area (Å²) in [5.41, 5.74) is 7.83. The van der Waals surface area contributed by atoms with Crippen LogP contribution in [0, 0.1) is 12.8 Å². The van der Waals surface area contributed by atoms with E-state index in [4.69, 9.17) is 5.73 Å². The molecule has 1 aliphatic heterocycles. The first kappa shape index (κ1) is 16.1. The van der Waals surface area contributed by atoms with Crippen LogP contribution in [0.15, 0.2) is 12.3 Å². The van der Waals surface area contributed by atoms with Crippen molar-refractivity contribution in [1.82, 2.24) is 4.98 Å². The fourth-order valence-electron chi connectivity index (χ4n) is 2.86. The standard InChI is InChI=1S/C15H22F3N3/c1-10-7-12(8-11(2)19)9-20-14(10)21-5-3-13(4-6-21)15(16,17)18/h7,9,11,13H,3-6,8,19H2,1-2H3. The van der Waals surface area contributed by atoms with E-state index in [0.29, 0.717) is 13.1 Å². The minimum Gasteiger partial charge on any atom is -0.356 e. The Hall–Kier alpha value is -1.30. The third-order valence-corrected chi connectivity index (χ3v) is 3.92. The third kappa shape index (κ3) is 4.09. The van der Waals surface area contributed by atoms with E-state index in [-0.39, 0.29) is 18.9 Å². The summed E-state index contributed by atoms with van der Waals surface area (Å²) in [5.74, 6) is -0.379. The van der Waals surface area contributed by atoms with Gasteiger partial charge in [-0.1, -0.05) is 6.07 Å². The Balaban J connectivity index is 2.04. The van der Waals surface area contributed by atoms with Crippen LogP contribution in [-0.2, 0) is 6.42 Å². The molecular weight excluding hydrogens is 279 g/mol. The van der Waals surface area contributed by atoms with Gasteiger partial charge in [-0.05, 0) is 44.2 Å². The highest BCUT2D eigenvalue weighted by molar-refractivity contribution is 5.47. The van der Waals surface area contributed by atoms with Gasteiger partial charge in [-0.2, -0.15) is 13.2 Å². The maximum atomic E-state index is 12.7. The topological polar surface area (TPSA) is 42.1 Å². The molecule has 0 amide bonds. The van der Waals surface area contributed by atoms with Gasteiger partial charge in [0.2, 0.25) is 0 Å². The summed E-state index contributed by atoms with van der Waals surface area (Å²) >= 11 is 0. The van der Waals surface area contributed by atoms with Gasteiger partial charge in [0.05, 0.1) is 5.92 Å². The number of rotatable bonds is 3. The number of aromatic nitrogens is 1. The Labute approximate surface area is 123 Å². The Kier molecular flexibility index (Phi) is 4.76. The number of alkyl halides is 3. The average Bonchev–Trinajstić information content (AvgIpc) is 2.37. The normalized spacial score (nSPS) is 18.9. The average molecular weight is 301 g/mol. The minimum atomic E-state index is -4.07. The molecule has 0 bridgehead atoms. The molecule has 1 aromatic rings. The lowest BCUT2D eigenvalue weighted by atomic mass is 9.96. The highest BCUT2D eigenvalue weighted by Crippen LogP contribution is 2.35. The molecule has 2 N–H and O–H groups in total. The number of nitrogens with two attached hydrogens (primary N) is 1. The summed E-state index contributed by atoms with van der Waals surface area (Å²) in [4.78, 5) is 6.38.